The minimum absolute atomic E-state index is 0.0256. The van der Waals surface area contributed by atoms with Gasteiger partial charge >= 0.3 is 18.2 Å². The number of carbonyl (C=O) groups excluding carboxylic acids is 2. The number of carboxylic acid groups (broad SMARTS) is 1. The van der Waals surface area contributed by atoms with Crippen molar-refractivity contribution in [2.24, 2.45) is 0 Å². The highest BCUT2D eigenvalue weighted by atomic mass is 16.6. The van der Waals surface area contributed by atoms with Crippen LogP contribution in [0.25, 0.3) is 0 Å². The second-order valence-electron chi connectivity index (χ2n) is 8.34. The Bertz CT molecular complexity index is 509. The van der Waals surface area contributed by atoms with Gasteiger partial charge in [0, 0.05) is 0 Å². The monoisotopic (exact) mass is 390 g/mol. The van der Waals surface area contributed by atoms with Crippen molar-refractivity contribution in [3.63, 3.8) is 0 Å². The molecule has 0 spiro atoms. The van der Waals surface area contributed by atoms with Crippen molar-refractivity contribution in [2.45, 2.75) is 97.1 Å². The number of carbonyl (C=O) groups is 3. The molecule has 0 aliphatic carbocycles. The minimum Gasteiger partial charge on any atom is -0.480 e. The number of ether oxygens (including phenoxy) is 2. The van der Waals surface area contributed by atoms with Gasteiger partial charge in [0.25, 0.3) is 0 Å². The van der Waals surface area contributed by atoms with Gasteiger partial charge in [-0.05, 0) is 60.8 Å². The van der Waals surface area contributed by atoms with E-state index in [1.165, 1.54) is 0 Å². The first-order valence-electron chi connectivity index (χ1n) is 9.04. The SMILES string of the molecule is CC[C@H](NC(=O)OC(C)(C)C)[C@@H](O)CCC(NC(=O)OC(C)(C)C)C(=O)O. The standard InChI is InChI=1S/C18H34N2O7/c1-8-11(19-15(24)26-17(2,3)4)13(21)10-9-12(14(22)23)20-16(25)27-18(5,6)7/h11-13,21H,8-10H2,1-7H3,(H,19,24)(H,20,25)(H,22,23)/t11-,12?,13-/m0/s1. The van der Waals surface area contributed by atoms with Crippen LogP contribution in [-0.4, -0.2) is 57.8 Å². The Labute approximate surface area is 160 Å². The Morgan fingerprint density at radius 1 is 0.889 bits per heavy atom. The third kappa shape index (κ3) is 12.1. The van der Waals surface area contributed by atoms with Crippen LogP contribution in [0.1, 0.15) is 67.7 Å². The van der Waals surface area contributed by atoms with Crippen LogP contribution in [0.15, 0.2) is 0 Å². The molecule has 2 amide bonds. The number of aliphatic hydroxyl groups is 1. The number of aliphatic hydroxyl groups excluding tert-OH is 1. The van der Waals surface area contributed by atoms with Crippen LogP contribution in [0.2, 0.25) is 0 Å². The van der Waals surface area contributed by atoms with E-state index in [-0.39, 0.29) is 12.8 Å². The molecule has 0 rings (SSSR count). The molecule has 9 heteroatoms. The van der Waals surface area contributed by atoms with Crippen molar-refractivity contribution in [1.29, 1.82) is 0 Å². The Morgan fingerprint density at radius 3 is 1.70 bits per heavy atom. The largest absolute Gasteiger partial charge is 0.480 e. The molecule has 0 saturated carbocycles. The highest BCUT2D eigenvalue weighted by Crippen LogP contribution is 2.12. The number of hydrogen-bond donors (Lipinski definition) is 4. The fourth-order valence-corrected chi connectivity index (χ4v) is 2.18. The highest BCUT2D eigenvalue weighted by molar-refractivity contribution is 5.79. The molecule has 158 valence electrons. The Hall–Kier alpha value is -2.03. The summed E-state index contributed by atoms with van der Waals surface area (Å²) in [6.45, 7) is 12.0. The quantitative estimate of drug-likeness (QED) is 0.500. The number of aliphatic carboxylic acids is 1. The molecule has 0 heterocycles. The molecule has 0 aromatic carbocycles. The first-order chi connectivity index (χ1) is 12.1. The van der Waals surface area contributed by atoms with Crippen LogP contribution in [0.4, 0.5) is 9.59 Å². The summed E-state index contributed by atoms with van der Waals surface area (Å²) in [4.78, 5) is 34.9. The summed E-state index contributed by atoms with van der Waals surface area (Å²) in [7, 11) is 0. The number of rotatable bonds is 8. The van der Waals surface area contributed by atoms with Crippen LogP contribution in [0, 0.1) is 0 Å². The molecule has 0 aromatic heterocycles. The molecule has 4 N–H and O–H groups in total. The van der Waals surface area contributed by atoms with E-state index >= 15 is 0 Å². The summed E-state index contributed by atoms with van der Waals surface area (Å²) in [5.41, 5.74) is -1.42. The summed E-state index contributed by atoms with van der Waals surface area (Å²) in [5, 5.41) is 24.4. The zero-order chi connectivity index (χ0) is 21.4. The van der Waals surface area contributed by atoms with Crippen LogP contribution in [-0.2, 0) is 14.3 Å². The average molecular weight is 390 g/mol. The van der Waals surface area contributed by atoms with Gasteiger partial charge in [-0.1, -0.05) is 6.92 Å². The molecule has 0 bridgehead atoms. The molecule has 27 heavy (non-hydrogen) atoms. The molecule has 1 unspecified atom stereocenters. The molecule has 0 saturated heterocycles. The van der Waals surface area contributed by atoms with Gasteiger partial charge in [-0.3, -0.25) is 0 Å². The zero-order valence-corrected chi connectivity index (χ0v) is 17.3. The molecule has 9 nitrogen and oxygen atoms in total. The number of amides is 2. The lowest BCUT2D eigenvalue weighted by atomic mass is 10.0. The van der Waals surface area contributed by atoms with Crippen molar-refractivity contribution in [1.82, 2.24) is 10.6 Å². The van der Waals surface area contributed by atoms with Crippen LogP contribution in [0.3, 0.4) is 0 Å². The molecule has 0 radical (unpaired) electrons. The van der Waals surface area contributed by atoms with Crippen LogP contribution in [0.5, 0.6) is 0 Å². The Morgan fingerprint density at radius 2 is 1.33 bits per heavy atom. The molecular weight excluding hydrogens is 356 g/mol. The van der Waals surface area contributed by atoms with Crippen molar-refractivity contribution >= 4 is 18.2 Å². The third-order valence-corrected chi connectivity index (χ3v) is 3.35. The summed E-state index contributed by atoms with van der Waals surface area (Å²) >= 11 is 0. The van der Waals surface area contributed by atoms with E-state index in [1.807, 2.05) is 0 Å². The van der Waals surface area contributed by atoms with Gasteiger partial charge in [0.05, 0.1) is 12.1 Å². The van der Waals surface area contributed by atoms with Gasteiger partial charge in [-0.15, -0.1) is 0 Å². The fraction of sp³-hybridized carbons (Fsp3) is 0.833. The van der Waals surface area contributed by atoms with Crippen molar-refractivity contribution in [3.8, 4) is 0 Å². The first kappa shape index (κ1) is 25.0. The van der Waals surface area contributed by atoms with Crippen molar-refractivity contribution in [2.75, 3.05) is 0 Å². The molecule has 3 atom stereocenters. The van der Waals surface area contributed by atoms with E-state index in [9.17, 15) is 24.6 Å². The van der Waals surface area contributed by atoms with Crippen LogP contribution >= 0.6 is 0 Å². The molecule has 0 aromatic rings. The second-order valence-corrected chi connectivity index (χ2v) is 8.34. The maximum Gasteiger partial charge on any atom is 0.408 e. The van der Waals surface area contributed by atoms with Gasteiger partial charge in [-0.25, -0.2) is 14.4 Å². The van der Waals surface area contributed by atoms with Crippen molar-refractivity contribution in [3.05, 3.63) is 0 Å². The summed E-state index contributed by atoms with van der Waals surface area (Å²) < 4.78 is 10.2. The summed E-state index contributed by atoms with van der Waals surface area (Å²) in [6.07, 6.45) is -2.04. The van der Waals surface area contributed by atoms with E-state index in [4.69, 9.17) is 9.47 Å². The topological polar surface area (TPSA) is 134 Å². The van der Waals surface area contributed by atoms with E-state index < -0.39 is 47.5 Å². The van der Waals surface area contributed by atoms with E-state index in [0.29, 0.717) is 6.42 Å². The van der Waals surface area contributed by atoms with Gasteiger partial charge in [-0.2, -0.15) is 0 Å². The highest BCUT2D eigenvalue weighted by Gasteiger charge is 2.27. The molecule has 0 fully saturated rings. The number of nitrogens with one attached hydrogen (secondary N) is 2. The molecule has 0 aliphatic rings. The summed E-state index contributed by atoms with van der Waals surface area (Å²) in [5.74, 6) is -1.23. The van der Waals surface area contributed by atoms with Gasteiger partial charge in [0.2, 0.25) is 0 Å². The third-order valence-electron chi connectivity index (χ3n) is 3.35. The van der Waals surface area contributed by atoms with Crippen LogP contribution < -0.4 is 10.6 Å². The van der Waals surface area contributed by atoms with E-state index in [1.54, 1.807) is 48.5 Å². The molecule has 0 aliphatic heterocycles. The Balaban J connectivity index is 4.69. The predicted octanol–water partition coefficient (Wildman–Crippen LogP) is 2.41. The van der Waals surface area contributed by atoms with Gasteiger partial charge in [0.1, 0.15) is 17.2 Å². The lowest BCUT2D eigenvalue weighted by Gasteiger charge is -2.27. The fourth-order valence-electron chi connectivity index (χ4n) is 2.18. The first-order valence-corrected chi connectivity index (χ1v) is 9.04. The normalized spacial score (nSPS) is 15.3. The minimum atomic E-state index is -1.23. The lowest BCUT2D eigenvalue weighted by Crippen LogP contribution is -2.47. The number of carboxylic acids is 1. The van der Waals surface area contributed by atoms with E-state index in [2.05, 4.69) is 10.6 Å². The number of alkyl carbamates (subject to hydrolysis) is 2. The number of hydrogen-bond acceptors (Lipinski definition) is 6. The maximum absolute atomic E-state index is 11.8. The predicted molar refractivity (Wildman–Crippen MR) is 99.5 cm³/mol. The average Bonchev–Trinajstić information content (AvgIpc) is 2.44. The second kappa shape index (κ2) is 10.3. The maximum atomic E-state index is 11.8. The van der Waals surface area contributed by atoms with Crippen molar-refractivity contribution < 1.29 is 34.1 Å². The summed E-state index contributed by atoms with van der Waals surface area (Å²) in [6, 6.07) is -1.82. The van der Waals surface area contributed by atoms with Gasteiger partial charge in [0.15, 0.2) is 0 Å². The van der Waals surface area contributed by atoms with E-state index in [0.717, 1.165) is 0 Å². The Kier molecular flexibility index (Phi) is 9.56. The van der Waals surface area contributed by atoms with Gasteiger partial charge < -0.3 is 30.3 Å². The zero-order valence-electron chi connectivity index (χ0n) is 17.3. The molecular formula is C18H34N2O7. The lowest BCUT2D eigenvalue weighted by molar-refractivity contribution is -0.139. The smallest absolute Gasteiger partial charge is 0.408 e.